The first-order valence-corrected chi connectivity index (χ1v) is 15.7. The van der Waals surface area contributed by atoms with E-state index in [0.717, 1.165) is 0 Å². The molecule has 6 aliphatic rings. The summed E-state index contributed by atoms with van der Waals surface area (Å²) in [6, 6.07) is -0.628. The molecule has 5 saturated carbocycles. The van der Waals surface area contributed by atoms with E-state index < -0.39 is 112 Å². The Hall–Kier alpha value is -1.91. The molecule has 45 heavy (non-hydrogen) atoms. The van der Waals surface area contributed by atoms with Gasteiger partial charge in [0, 0.05) is 97.3 Å². The van der Waals surface area contributed by atoms with Gasteiger partial charge in [0.25, 0.3) is 0 Å². The topological polar surface area (TPSA) is 180 Å². The Bertz CT molecular complexity index is 1250. The minimum absolute atomic E-state index is 0.117. The molecule has 14 heteroatoms. The van der Waals surface area contributed by atoms with Crippen molar-refractivity contribution < 1.29 is 62.9 Å². The molecule has 7 bridgehead atoms. The largest absolute Gasteiger partial charge is 0.462 e. The van der Waals surface area contributed by atoms with E-state index in [0.29, 0.717) is 13.1 Å². The lowest BCUT2D eigenvalue weighted by Gasteiger charge is -2.72. The maximum absolute atomic E-state index is 13.7. The van der Waals surface area contributed by atoms with Crippen LogP contribution in [0.1, 0.15) is 40.5 Å². The average molecular weight is 642 g/mol. The molecule has 6 fully saturated rings. The molecular weight excluding hydrogens is 594 g/mol. The SMILES string of the molecule is CCN1C[C@@]2(COC)[C@H]3[C@@H](OC)[C@H]4C1[C@]3([C@@H](OC)C[C@H]2OC(C)=O)[C@]1(O)C[C@@]2(O)[C@H](OC(C)=O)[C@@H]1[C@]4(OC(C)=O)[C@@H](O)[C@@H]2OC. The molecule has 5 aliphatic carbocycles. The summed E-state index contributed by atoms with van der Waals surface area (Å²) in [5.74, 6) is -4.77. The number of ether oxygens (including phenoxy) is 7. The van der Waals surface area contributed by atoms with Crippen molar-refractivity contribution in [3.05, 3.63) is 0 Å². The highest BCUT2D eigenvalue weighted by atomic mass is 16.6. The summed E-state index contributed by atoms with van der Waals surface area (Å²) in [6.07, 6.45) is -7.04. The van der Waals surface area contributed by atoms with Crippen LogP contribution < -0.4 is 0 Å². The summed E-state index contributed by atoms with van der Waals surface area (Å²) < 4.78 is 42.6. The lowest BCUT2D eigenvalue weighted by Crippen LogP contribution is -2.86. The molecule has 1 spiro atoms. The first-order valence-electron chi connectivity index (χ1n) is 15.7. The van der Waals surface area contributed by atoms with Crippen LogP contribution in [0, 0.1) is 28.6 Å². The van der Waals surface area contributed by atoms with Crippen molar-refractivity contribution in [1.82, 2.24) is 4.90 Å². The van der Waals surface area contributed by atoms with Gasteiger partial charge in [-0.1, -0.05) is 6.92 Å². The van der Waals surface area contributed by atoms with Gasteiger partial charge in [0.1, 0.15) is 30.0 Å². The number of methoxy groups -OCH3 is 4. The van der Waals surface area contributed by atoms with Crippen LogP contribution in [0.15, 0.2) is 0 Å². The number of hydrogen-bond donors (Lipinski definition) is 3. The van der Waals surface area contributed by atoms with Gasteiger partial charge in [0.2, 0.25) is 0 Å². The van der Waals surface area contributed by atoms with Crippen LogP contribution in [0.3, 0.4) is 0 Å². The number of aliphatic hydroxyl groups excluding tert-OH is 1. The monoisotopic (exact) mass is 641 g/mol. The second-order valence-electron chi connectivity index (χ2n) is 14.0. The first-order chi connectivity index (χ1) is 21.2. The zero-order valence-corrected chi connectivity index (χ0v) is 27.2. The van der Waals surface area contributed by atoms with E-state index in [1.165, 1.54) is 42.1 Å². The Morgan fingerprint density at radius 2 is 1.53 bits per heavy atom. The maximum Gasteiger partial charge on any atom is 0.303 e. The molecule has 15 atom stereocenters. The summed E-state index contributed by atoms with van der Waals surface area (Å²) in [4.78, 5) is 40.5. The minimum atomic E-state index is -2.08. The number of nitrogens with zero attached hydrogens (tertiary/aromatic N) is 1. The lowest BCUT2D eigenvalue weighted by molar-refractivity contribution is -0.355. The van der Waals surface area contributed by atoms with Gasteiger partial charge < -0.3 is 48.5 Å². The number of hydrogen-bond acceptors (Lipinski definition) is 14. The summed E-state index contributed by atoms with van der Waals surface area (Å²) >= 11 is 0. The number of likely N-dealkylation sites (tertiary alicyclic amines) is 1. The fraction of sp³-hybridized carbons (Fsp3) is 0.903. The van der Waals surface area contributed by atoms with Crippen LogP contribution in [0.4, 0.5) is 0 Å². The molecule has 0 amide bonds. The molecule has 0 radical (unpaired) electrons. The van der Waals surface area contributed by atoms with E-state index in [1.54, 1.807) is 7.11 Å². The molecule has 0 aromatic heterocycles. The molecule has 3 N–H and O–H groups in total. The quantitative estimate of drug-likeness (QED) is 0.207. The normalized spacial score (nSPS) is 52.3. The third-order valence-corrected chi connectivity index (χ3v) is 12.6. The minimum Gasteiger partial charge on any atom is -0.462 e. The zero-order valence-electron chi connectivity index (χ0n) is 27.2. The Balaban J connectivity index is 1.76. The van der Waals surface area contributed by atoms with E-state index in [4.69, 9.17) is 33.2 Å². The van der Waals surface area contributed by atoms with Crippen molar-refractivity contribution in [2.45, 2.75) is 100 Å². The molecule has 1 unspecified atom stereocenters. The van der Waals surface area contributed by atoms with E-state index in [2.05, 4.69) is 4.90 Å². The average Bonchev–Trinajstić information content (AvgIpc) is 3.30. The number of carbonyl (C=O) groups is 3. The fourth-order valence-electron chi connectivity index (χ4n) is 12.1. The first kappa shape index (κ1) is 33.0. The number of carbonyl (C=O) groups excluding carboxylic acids is 3. The molecule has 1 aliphatic heterocycles. The number of rotatable bonds is 9. The Morgan fingerprint density at radius 3 is 2.04 bits per heavy atom. The van der Waals surface area contributed by atoms with Gasteiger partial charge in [0.05, 0.1) is 30.3 Å². The number of piperidine rings is 1. The molecule has 0 aromatic rings. The third-order valence-electron chi connectivity index (χ3n) is 12.6. The Labute approximate surface area is 262 Å². The lowest BCUT2D eigenvalue weighted by atomic mass is 9.40. The predicted molar refractivity (Wildman–Crippen MR) is 151 cm³/mol. The second-order valence-corrected chi connectivity index (χ2v) is 14.0. The highest BCUT2D eigenvalue weighted by Crippen LogP contribution is 2.82. The van der Waals surface area contributed by atoms with Crippen molar-refractivity contribution in [3.63, 3.8) is 0 Å². The second kappa shape index (κ2) is 10.5. The summed E-state index contributed by atoms with van der Waals surface area (Å²) in [6.45, 7) is 6.65. The molecule has 0 aromatic carbocycles. The highest BCUT2D eigenvalue weighted by Gasteiger charge is 2.96. The summed E-state index contributed by atoms with van der Waals surface area (Å²) in [5, 5.41) is 38.6. The molecule has 14 nitrogen and oxygen atoms in total. The van der Waals surface area contributed by atoms with Gasteiger partial charge in [0.15, 0.2) is 5.60 Å². The molecule has 6 rings (SSSR count). The van der Waals surface area contributed by atoms with Crippen LogP contribution in [-0.4, -0.2) is 146 Å². The van der Waals surface area contributed by atoms with Crippen molar-refractivity contribution >= 4 is 17.9 Å². The van der Waals surface area contributed by atoms with Gasteiger partial charge in [-0.2, -0.15) is 0 Å². The van der Waals surface area contributed by atoms with Crippen LogP contribution in [0.5, 0.6) is 0 Å². The molecule has 1 saturated heterocycles. The van der Waals surface area contributed by atoms with Gasteiger partial charge in [-0.15, -0.1) is 0 Å². The third kappa shape index (κ3) is 3.60. The summed E-state index contributed by atoms with van der Waals surface area (Å²) in [5.41, 5.74) is -8.28. The van der Waals surface area contributed by atoms with Crippen LogP contribution in [-0.2, 0) is 47.5 Å². The van der Waals surface area contributed by atoms with Gasteiger partial charge in [-0.05, 0) is 6.54 Å². The number of esters is 3. The van der Waals surface area contributed by atoms with Crippen molar-refractivity contribution in [3.8, 4) is 0 Å². The standard InChI is InChI=1S/C31H47NO13/c1-9-32-12-27(13-39-5)17(43-14(2)33)10-18(40-6)30-21(27)20(41-7)19(23(30)32)31(45-16(4)35)22-25(44-15(3)34)28(37,11-29(22,30)38)26(42-8)24(31)36/h17-26,36-38H,9-13H2,1-8H3/t17-,18+,19+,20+,21-,22+,23?,24+,25-,26+,27+,28-,29+,30-,31+/m1/s1. The van der Waals surface area contributed by atoms with Gasteiger partial charge >= 0.3 is 17.9 Å². The number of fused-ring (bicyclic) bond motifs is 2. The maximum atomic E-state index is 13.7. The summed E-state index contributed by atoms with van der Waals surface area (Å²) in [7, 11) is 5.91. The van der Waals surface area contributed by atoms with E-state index in [-0.39, 0.29) is 13.0 Å². The Morgan fingerprint density at radius 1 is 0.867 bits per heavy atom. The Kier molecular flexibility index (Phi) is 7.74. The van der Waals surface area contributed by atoms with Gasteiger partial charge in [-0.3, -0.25) is 19.3 Å². The van der Waals surface area contributed by atoms with E-state index in [9.17, 15) is 29.7 Å². The molecule has 1 heterocycles. The number of aliphatic hydroxyl groups is 3. The molecule has 254 valence electrons. The van der Waals surface area contributed by atoms with Crippen molar-refractivity contribution in [2.75, 3.05) is 48.1 Å². The van der Waals surface area contributed by atoms with Crippen molar-refractivity contribution in [1.29, 1.82) is 0 Å². The zero-order chi connectivity index (χ0) is 33.1. The smallest absolute Gasteiger partial charge is 0.303 e. The fourth-order valence-corrected chi connectivity index (χ4v) is 12.1. The van der Waals surface area contributed by atoms with Gasteiger partial charge in [-0.25, -0.2) is 0 Å². The highest BCUT2D eigenvalue weighted by molar-refractivity contribution is 5.69. The predicted octanol–water partition coefficient (Wildman–Crippen LogP) is -0.960. The van der Waals surface area contributed by atoms with E-state index >= 15 is 0 Å². The molecular formula is C31H47NO13. The van der Waals surface area contributed by atoms with Crippen molar-refractivity contribution in [2.24, 2.45) is 28.6 Å². The van der Waals surface area contributed by atoms with Crippen LogP contribution in [0.2, 0.25) is 0 Å². The van der Waals surface area contributed by atoms with Crippen LogP contribution >= 0.6 is 0 Å². The van der Waals surface area contributed by atoms with E-state index in [1.807, 2.05) is 6.92 Å². The van der Waals surface area contributed by atoms with Crippen LogP contribution in [0.25, 0.3) is 0 Å².